The van der Waals surface area contributed by atoms with Crippen molar-refractivity contribution in [3.8, 4) is 5.75 Å². The van der Waals surface area contributed by atoms with Gasteiger partial charge in [-0.3, -0.25) is 4.79 Å². The summed E-state index contributed by atoms with van der Waals surface area (Å²) in [6, 6.07) is 7.62. The Hall–Kier alpha value is -1.51. The molecule has 0 bridgehead atoms. The van der Waals surface area contributed by atoms with E-state index < -0.39 is 0 Å². The van der Waals surface area contributed by atoms with E-state index in [1.54, 1.807) is 7.11 Å². The van der Waals surface area contributed by atoms with Gasteiger partial charge in [0.25, 0.3) is 0 Å². The molecule has 0 saturated carbocycles. The van der Waals surface area contributed by atoms with Crippen LogP contribution in [0.4, 0.5) is 0 Å². The Bertz CT molecular complexity index is 329. The number of rotatable bonds is 2. The highest BCUT2D eigenvalue weighted by Gasteiger charge is 2.24. The fourth-order valence-corrected chi connectivity index (χ4v) is 1.58. The highest BCUT2D eigenvalue weighted by molar-refractivity contribution is 5.71. The van der Waals surface area contributed by atoms with Crippen molar-refractivity contribution in [2.45, 2.75) is 18.9 Å². The number of hydrogen-bond donors (Lipinski definition) is 0. The Balaban J connectivity index is 2.13. The van der Waals surface area contributed by atoms with Crippen molar-refractivity contribution in [1.29, 1.82) is 0 Å². The summed E-state index contributed by atoms with van der Waals surface area (Å²) in [4.78, 5) is 10.9. The van der Waals surface area contributed by atoms with Gasteiger partial charge < -0.3 is 9.47 Å². The third-order valence-electron chi connectivity index (χ3n) is 2.37. The minimum atomic E-state index is -0.106. The molecule has 1 heterocycles. The van der Waals surface area contributed by atoms with E-state index in [1.807, 2.05) is 24.3 Å². The topological polar surface area (TPSA) is 35.5 Å². The SMILES string of the molecule is COc1ccc(C2CCC(=O)O2)cc1. The van der Waals surface area contributed by atoms with Gasteiger partial charge in [-0.15, -0.1) is 0 Å². The van der Waals surface area contributed by atoms with Crippen LogP contribution in [0, 0.1) is 0 Å². The van der Waals surface area contributed by atoms with Gasteiger partial charge in [0.1, 0.15) is 11.9 Å². The second-order valence-electron chi connectivity index (χ2n) is 3.29. The smallest absolute Gasteiger partial charge is 0.306 e. The largest absolute Gasteiger partial charge is 0.497 e. The molecule has 1 saturated heterocycles. The fraction of sp³-hybridized carbons (Fsp3) is 0.364. The maximum absolute atomic E-state index is 10.9. The van der Waals surface area contributed by atoms with Gasteiger partial charge in [0.2, 0.25) is 0 Å². The molecule has 1 atom stereocenters. The number of cyclic esters (lactones) is 1. The van der Waals surface area contributed by atoms with Gasteiger partial charge in [0, 0.05) is 6.42 Å². The molecule has 1 fully saturated rings. The van der Waals surface area contributed by atoms with Crippen LogP contribution in [0.5, 0.6) is 5.75 Å². The summed E-state index contributed by atoms with van der Waals surface area (Å²) in [6.45, 7) is 0. The predicted octanol–water partition coefficient (Wildman–Crippen LogP) is 2.07. The highest BCUT2D eigenvalue weighted by atomic mass is 16.5. The van der Waals surface area contributed by atoms with Crippen molar-refractivity contribution in [3.63, 3.8) is 0 Å². The lowest BCUT2D eigenvalue weighted by molar-refractivity contribution is -0.141. The maximum Gasteiger partial charge on any atom is 0.306 e. The third kappa shape index (κ3) is 1.71. The molecule has 3 heteroatoms. The lowest BCUT2D eigenvalue weighted by Gasteiger charge is -2.09. The standard InChI is InChI=1S/C11H12O3/c1-13-9-4-2-8(3-5-9)10-6-7-11(12)14-10/h2-5,10H,6-7H2,1H3. The quantitative estimate of drug-likeness (QED) is 0.673. The molecule has 1 aromatic rings. The molecule has 1 aromatic carbocycles. The molecule has 1 aliphatic heterocycles. The van der Waals surface area contributed by atoms with Gasteiger partial charge >= 0.3 is 5.97 Å². The second-order valence-corrected chi connectivity index (χ2v) is 3.29. The van der Waals surface area contributed by atoms with Crippen LogP contribution in [0.15, 0.2) is 24.3 Å². The molecular formula is C11H12O3. The Kier molecular flexibility index (Phi) is 2.39. The van der Waals surface area contributed by atoms with Crippen LogP contribution >= 0.6 is 0 Å². The van der Waals surface area contributed by atoms with Gasteiger partial charge in [0.15, 0.2) is 0 Å². The number of benzene rings is 1. The van der Waals surface area contributed by atoms with Crippen molar-refractivity contribution in [2.24, 2.45) is 0 Å². The molecule has 0 aliphatic carbocycles. The number of hydrogen-bond acceptors (Lipinski definition) is 3. The summed E-state index contributed by atoms with van der Waals surface area (Å²) in [7, 11) is 1.63. The monoisotopic (exact) mass is 192 g/mol. The summed E-state index contributed by atoms with van der Waals surface area (Å²) in [6.07, 6.45) is 1.25. The number of ether oxygens (including phenoxy) is 2. The Labute approximate surface area is 82.6 Å². The van der Waals surface area contributed by atoms with E-state index in [0.717, 1.165) is 17.7 Å². The lowest BCUT2D eigenvalue weighted by atomic mass is 10.1. The Morgan fingerprint density at radius 3 is 2.57 bits per heavy atom. The first-order valence-corrected chi connectivity index (χ1v) is 4.63. The Morgan fingerprint density at radius 2 is 2.07 bits per heavy atom. The summed E-state index contributed by atoms with van der Waals surface area (Å²) < 4.78 is 10.2. The molecule has 3 nitrogen and oxygen atoms in total. The number of methoxy groups -OCH3 is 1. The van der Waals surface area contributed by atoms with E-state index in [9.17, 15) is 4.79 Å². The fourth-order valence-electron chi connectivity index (χ4n) is 1.58. The molecule has 1 unspecified atom stereocenters. The molecule has 0 amide bonds. The van der Waals surface area contributed by atoms with Crippen LogP contribution in [0.3, 0.4) is 0 Å². The first kappa shape index (κ1) is 9.06. The van der Waals surface area contributed by atoms with E-state index in [4.69, 9.17) is 9.47 Å². The summed E-state index contributed by atoms with van der Waals surface area (Å²) in [5.74, 6) is 0.712. The van der Waals surface area contributed by atoms with E-state index in [1.165, 1.54) is 0 Å². The van der Waals surface area contributed by atoms with Crippen LogP contribution in [-0.4, -0.2) is 13.1 Å². The molecule has 0 radical (unpaired) electrons. The number of esters is 1. The zero-order chi connectivity index (χ0) is 9.97. The molecule has 0 spiro atoms. The summed E-state index contributed by atoms with van der Waals surface area (Å²) in [5.41, 5.74) is 1.04. The number of carbonyl (C=O) groups is 1. The van der Waals surface area contributed by atoms with Gasteiger partial charge in [-0.2, -0.15) is 0 Å². The zero-order valence-corrected chi connectivity index (χ0v) is 8.03. The van der Waals surface area contributed by atoms with Gasteiger partial charge in [-0.25, -0.2) is 0 Å². The first-order chi connectivity index (χ1) is 6.79. The average Bonchev–Trinajstić information content (AvgIpc) is 2.65. The molecule has 14 heavy (non-hydrogen) atoms. The summed E-state index contributed by atoms with van der Waals surface area (Å²) in [5, 5.41) is 0. The Morgan fingerprint density at radius 1 is 1.36 bits per heavy atom. The van der Waals surface area contributed by atoms with Crippen molar-refractivity contribution >= 4 is 5.97 Å². The molecule has 0 aromatic heterocycles. The number of carbonyl (C=O) groups excluding carboxylic acids is 1. The van der Waals surface area contributed by atoms with Crippen LogP contribution in [0.25, 0.3) is 0 Å². The third-order valence-corrected chi connectivity index (χ3v) is 2.37. The molecular weight excluding hydrogens is 180 g/mol. The van der Waals surface area contributed by atoms with E-state index in [-0.39, 0.29) is 12.1 Å². The minimum absolute atomic E-state index is 0.0617. The molecule has 1 aliphatic rings. The average molecular weight is 192 g/mol. The zero-order valence-electron chi connectivity index (χ0n) is 8.03. The van der Waals surface area contributed by atoms with Crippen LogP contribution < -0.4 is 4.74 Å². The van der Waals surface area contributed by atoms with Crippen LogP contribution in [0.1, 0.15) is 24.5 Å². The van der Waals surface area contributed by atoms with Crippen molar-refractivity contribution < 1.29 is 14.3 Å². The summed E-state index contributed by atoms with van der Waals surface area (Å²) >= 11 is 0. The van der Waals surface area contributed by atoms with E-state index >= 15 is 0 Å². The lowest BCUT2D eigenvalue weighted by Crippen LogP contribution is -1.98. The van der Waals surface area contributed by atoms with Crippen molar-refractivity contribution in [1.82, 2.24) is 0 Å². The van der Waals surface area contributed by atoms with E-state index in [0.29, 0.717) is 6.42 Å². The first-order valence-electron chi connectivity index (χ1n) is 4.63. The minimum Gasteiger partial charge on any atom is -0.497 e. The molecule has 2 rings (SSSR count). The van der Waals surface area contributed by atoms with Gasteiger partial charge in [-0.1, -0.05) is 12.1 Å². The van der Waals surface area contributed by atoms with Crippen LogP contribution in [0.2, 0.25) is 0 Å². The second kappa shape index (κ2) is 3.70. The molecule has 74 valence electrons. The predicted molar refractivity (Wildman–Crippen MR) is 51.1 cm³/mol. The van der Waals surface area contributed by atoms with Gasteiger partial charge in [0.05, 0.1) is 7.11 Å². The highest BCUT2D eigenvalue weighted by Crippen LogP contribution is 2.30. The van der Waals surface area contributed by atoms with Gasteiger partial charge in [-0.05, 0) is 24.1 Å². The van der Waals surface area contributed by atoms with Crippen LogP contribution in [-0.2, 0) is 9.53 Å². The normalized spacial score (nSPS) is 20.6. The van der Waals surface area contributed by atoms with Crippen molar-refractivity contribution in [3.05, 3.63) is 29.8 Å². The molecule has 0 N–H and O–H groups in total. The van der Waals surface area contributed by atoms with E-state index in [2.05, 4.69) is 0 Å². The maximum atomic E-state index is 10.9. The van der Waals surface area contributed by atoms with Crippen molar-refractivity contribution in [2.75, 3.05) is 7.11 Å².